The van der Waals surface area contributed by atoms with Crippen molar-refractivity contribution in [2.75, 3.05) is 52.6 Å². The fraction of sp³-hybridized carbons (Fsp3) is 0.440. The largest absolute Gasteiger partial charge is 0.490 e. The summed E-state index contributed by atoms with van der Waals surface area (Å²) in [4.78, 5) is 31.2. The quantitative estimate of drug-likeness (QED) is 0.488. The summed E-state index contributed by atoms with van der Waals surface area (Å²) in [6.45, 7) is 2.80. The van der Waals surface area contributed by atoms with Crippen LogP contribution in [-0.4, -0.2) is 94.8 Å². The second-order valence-electron chi connectivity index (χ2n) is 8.98. The lowest BCUT2D eigenvalue weighted by atomic mass is 9.96. The van der Waals surface area contributed by atoms with Gasteiger partial charge in [0.1, 0.15) is 41.4 Å². The summed E-state index contributed by atoms with van der Waals surface area (Å²) in [6.07, 6.45) is 0.0435. The number of nitrogens with zero attached hydrogens (tertiary/aromatic N) is 5. The van der Waals surface area contributed by atoms with Crippen molar-refractivity contribution in [3.63, 3.8) is 0 Å². The number of amides is 2. The molecule has 0 saturated carbocycles. The molecule has 0 aliphatic carbocycles. The maximum atomic E-state index is 13.3. The van der Waals surface area contributed by atoms with E-state index in [1.807, 2.05) is 24.3 Å². The van der Waals surface area contributed by atoms with Gasteiger partial charge in [-0.15, -0.1) is 0 Å². The molecule has 5 rings (SSSR count). The van der Waals surface area contributed by atoms with E-state index in [9.17, 15) is 14.0 Å². The number of halogens is 1. The molecule has 2 saturated heterocycles. The van der Waals surface area contributed by atoms with Crippen molar-refractivity contribution < 1.29 is 28.2 Å². The minimum Gasteiger partial charge on any atom is -0.490 e. The summed E-state index contributed by atoms with van der Waals surface area (Å²) in [5, 5.41) is 8.75. The molecule has 10 nitrogen and oxygen atoms in total. The molecule has 0 spiro atoms. The summed E-state index contributed by atoms with van der Waals surface area (Å²) >= 11 is 0. The molecular weight excluding hydrogens is 469 g/mol. The number of ether oxygens (including phenoxy) is 3. The monoisotopic (exact) mass is 497 g/mol. The predicted octanol–water partition coefficient (Wildman–Crippen LogP) is 1.50. The van der Waals surface area contributed by atoms with Crippen molar-refractivity contribution >= 4 is 22.8 Å². The number of rotatable bonds is 7. The third-order valence-corrected chi connectivity index (χ3v) is 6.36. The van der Waals surface area contributed by atoms with Gasteiger partial charge in [-0.05, 0) is 36.4 Å². The average Bonchev–Trinajstić information content (AvgIpc) is 3.31. The van der Waals surface area contributed by atoms with Gasteiger partial charge in [0, 0.05) is 19.6 Å². The van der Waals surface area contributed by atoms with E-state index in [0.29, 0.717) is 49.6 Å². The molecule has 0 N–H and O–H groups in total. The Morgan fingerprint density at radius 3 is 2.28 bits per heavy atom. The first kappa shape index (κ1) is 24.1. The highest BCUT2D eigenvalue weighted by Crippen LogP contribution is 2.26. The topological polar surface area (TPSA) is 99.0 Å². The van der Waals surface area contributed by atoms with Crippen molar-refractivity contribution in [3.05, 3.63) is 54.3 Å². The maximum absolute atomic E-state index is 13.3. The molecule has 0 unspecified atom stereocenters. The summed E-state index contributed by atoms with van der Waals surface area (Å²) in [6, 6.07) is 13.1. The Labute approximate surface area is 207 Å². The Kier molecular flexibility index (Phi) is 7.10. The average molecular weight is 498 g/mol. The molecule has 36 heavy (non-hydrogen) atoms. The summed E-state index contributed by atoms with van der Waals surface area (Å²) in [5.74, 6) is -0.182. The molecule has 2 aliphatic heterocycles. The zero-order valence-electron chi connectivity index (χ0n) is 19.8. The first-order valence-electron chi connectivity index (χ1n) is 12.0. The van der Waals surface area contributed by atoms with Gasteiger partial charge in [-0.1, -0.05) is 12.1 Å². The second-order valence-corrected chi connectivity index (χ2v) is 8.98. The van der Waals surface area contributed by atoms with Crippen molar-refractivity contribution in [1.29, 1.82) is 0 Å². The van der Waals surface area contributed by atoms with Crippen molar-refractivity contribution in [1.82, 2.24) is 24.8 Å². The fourth-order valence-electron chi connectivity index (χ4n) is 4.44. The lowest BCUT2D eigenvalue weighted by molar-refractivity contribution is -0.167. The Hall–Kier alpha value is -3.57. The van der Waals surface area contributed by atoms with Crippen LogP contribution in [0.2, 0.25) is 0 Å². The number of benzene rings is 2. The Morgan fingerprint density at radius 2 is 1.58 bits per heavy atom. The van der Waals surface area contributed by atoms with E-state index in [1.165, 1.54) is 29.1 Å². The van der Waals surface area contributed by atoms with Gasteiger partial charge in [0.2, 0.25) is 11.8 Å². The normalized spacial score (nSPS) is 20.5. The van der Waals surface area contributed by atoms with E-state index >= 15 is 0 Å². The number of fused-ring (bicyclic) bond motifs is 1. The van der Waals surface area contributed by atoms with Gasteiger partial charge < -0.3 is 24.0 Å². The number of carbonyl (C=O) groups excluding carboxylic acids is 2. The highest BCUT2D eigenvalue weighted by molar-refractivity contribution is 5.79. The molecule has 0 radical (unpaired) electrons. The molecular formula is C25H28FN5O5. The van der Waals surface area contributed by atoms with E-state index in [1.54, 1.807) is 9.80 Å². The minimum atomic E-state index is -1.06. The van der Waals surface area contributed by atoms with Gasteiger partial charge in [-0.2, -0.15) is 15.0 Å². The lowest BCUT2D eigenvalue weighted by Gasteiger charge is -2.43. The molecule has 1 atom stereocenters. The highest BCUT2D eigenvalue weighted by atomic mass is 19.1. The Balaban J connectivity index is 1.31. The molecule has 2 aromatic carbocycles. The molecule has 1 aromatic heterocycles. The highest BCUT2D eigenvalue weighted by Gasteiger charge is 2.42. The van der Waals surface area contributed by atoms with Gasteiger partial charge in [-0.3, -0.25) is 9.59 Å². The van der Waals surface area contributed by atoms with Crippen LogP contribution in [0.5, 0.6) is 5.75 Å². The fourth-order valence-corrected chi connectivity index (χ4v) is 4.44. The van der Waals surface area contributed by atoms with Gasteiger partial charge >= 0.3 is 0 Å². The van der Waals surface area contributed by atoms with E-state index in [0.717, 1.165) is 0 Å². The molecule has 11 heteroatoms. The van der Waals surface area contributed by atoms with Gasteiger partial charge in [0.05, 0.1) is 32.8 Å². The number of morpholine rings is 2. The predicted molar refractivity (Wildman–Crippen MR) is 127 cm³/mol. The van der Waals surface area contributed by atoms with Gasteiger partial charge in [0.15, 0.2) is 0 Å². The van der Waals surface area contributed by atoms with Crippen molar-refractivity contribution in [2.24, 2.45) is 0 Å². The van der Waals surface area contributed by atoms with Crippen molar-refractivity contribution in [2.45, 2.75) is 18.6 Å². The van der Waals surface area contributed by atoms with Crippen LogP contribution >= 0.6 is 0 Å². The minimum absolute atomic E-state index is 0.0268. The molecule has 2 amide bonds. The zero-order valence-corrected chi connectivity index (χ0v) is 19.8. The van der Waals surface area contributed by atoms with Crippen LogP contribution in [0, 0.1) is 5.82 Å². The number of carbonyl (C=O) groups is 2. The third kappa shape index (κ3) is 5.63. The molecule has 3 heterocycles. The van der Waals surface area contributed by atoms with Crippen molar-refractivity contribution in [3.8, 4) is 5.75 Å². The first-order chi connectivity index (χ1) is 17.5. The van der Waals surface area contributed by atoms with Crippen LogP contribution in [-0.2, 0) is 25.6 Å². The Morgan fingerprint density at radius 1 is 0.917 bits per heavy atom. The first-order valence-corrected chi connectivity index (χ1v) is 12.0. The molecule has 190 valence electrons. The number of hydrogen-bond donors (Lipinski definition) is 0. The standard InChI is InChI=1S/C25H28FN5O5/c26-19-5-7-20(8-6-19)35-18-25(15-23(32)29-9-12-34-13-10-29)17-30(11-14-36-25)24(33)16-31-27-21-3-1-2-4-22(21)28-31/h1-8H,9-18H2/t25-/m0/s1. The number of aromatic nitrogens is 3. The van der Waals surface area contributed by atoms with E-state index < -0.39 is 5.60 Å². The summed E-state index contributed by atoms with van der Waals surface area (Å²) in [5.41, 5.74) is 0.371. The second kappa shape index (κ2) is 10.6. The molecule has 3 aromatic rings. The smallest absolute Gasteiger partial charge is 0.246 e. The van der Waals surface area contributed by atoms with Crippen LogP contribution in [0.4, 0.5) is 4.39 Å². The third-order valence-electron chi connectivity index (χ3n) is 6.36. The molecule has 2 aliphatic rings. The van der Waals surface area contributed by atoms with Gasteiger partial charge in [0.25, 0.3) is 0 Å². The van der Waals surface area contributed by atoms with Crippen LogP contribution in [0.15, 0.2) is 48.5 Å². The van der Waals surface area contributed by atoms with Crippen LogP contribution in [0.1, 0.15) is 6.42 Å². The SMILES string of the molecule is O=C(C[C@@]1(COc2ccc(F)cc2)CN(C(=O)Cn2nc3ccccc3n2)CCO1)N1CCOCC1. The maximum Gasteiger partial charge on any atom is 0.246 e. The van der Waals surface area contributed by atoms with Crippen LogP contribution in [0.3, 0.4) is 0 Å². The van der Waals surface area contributed by atoms with E-state index in [2.05, 4.69) is 10.2 Å². The van der Waals surface area contributed by atoms with Gasteiger partial charge in [-0.25, -0.2) is 4.39 Å². The molecule has 2 fully saturated rings. The lowest BCUT2D eigenvalue weighted by Crippen LogP contribution is -2.59. The summed E-state index contributed by atoms with van der Waals surface area (Å²) < 4.78 is 30.7. The summed E-state index contributed by atoms with van der Waals surface area (Å²) in [7, 11) is 0. The van der Waals surface area contributed by atoms with E-state index in [-0.39, 0.29) is 50.4 Å². The number of hydrogen-bond acceptors (Lipinski definition) is 7. The van der Waals surface area contributed by atoms with E-state index in [4.69, 9.17) is 14.2 Å². The Bertz CT molecular complexity index is 1180. The van der Waals surface area contributed by atoms with Crippen LogP contribution in [0.25, 0.3) is 11.0 Å². The van der Waals surface area contributed by atoms with Crippen LogP contribution < -0.4 is 4.74 Å². The zero-order chi connectivity index (χ0) is 25.0. The molecule has 0 bridgehead atoms.